The van der Waals surface area contributed by atoms with E-state index in [1.165, 1.54) is 0 Å². The van der Waals surface area contributed by atoms with Crippen molar-refractivity contribution in [2.24, 2.45) is 0 Å². The van der Waals surface area contributed by atoms with E-state index in [0.29, 0.717) is 18.1 Å². The van der Waals surface area contributed by atoms with Gasteiger partial charge in [-0.05, 0) is 49.6 Å². The molecule has 3 heterocycles. The van der Waals surface area contributed by atoms with Crippen molar-refractivity contribution in [1.82, 2.24) is 19.9 Å². The molecular formula is C22H22N4O2. The molecule has 142 valence electrons. The van der Waals surface area contributed by atoms with Gasteiger partial charge in [0.05, 0.1) is 11.9 Å². The van der Waals surface area contributed by atoms with Gasteiger partial charge in [-0.15, -0.1) is 0 Å². The fourth-order valence-electron chi connectivity index (χ4n) is 3.46. The third kappa shape index (κ3) is 4.17. The summed E-state index contributed by atoms with van der Waals surface area (Å²) in [5.41, 5.74) is 2.45. The number of aryl methyl sites for hydroxylation is 1. The molecule has 3 aromatic rings. The summed E-state index contributed by atoms with van der Waals surface area (Å²) in [6.45, 7) is 3.36. The molecule has 1 aromatic carbocycles. The minimum atomic E-state index is -0.0366. The van der Waals surface area contributed by atoms with Crippen molar-refractivity contribution in [2.75, 3.05) is 13.1 Å². The summed E-state index contributed by atoms with van der Waals surface area (Å²) in [7, 11) is 0. The minimum Gasteiger partial charge on any atom is -0.437 e. The molecule has 28 heavy (non-hydrogen) atoms. The van der Waals surface area contributed by atoms with E-state index < -0.39 is 0 Å². The fraction of sp³-hybridized carbons (Fsp3) is 0.273. The van der Waals surface area contributed by atoms with E-state index in [2.05, 4.69) is 15.0 Å². The van der Waals surface area contributed by atoms with Crippen LogP contribution >= 0.6 is 0 Å². The SMILES string of the molecule is Cc1cccc(Oc2cncc([C@H]3CCCN(C(=O)c4ccccn4)C3)n2)c1. The highest BCUT2D eigenvalue weighted by atomic mass is 16.5. The van der Waals surface area contributed by atoms with E-state index in [1.807, 2.05) is 48.2 Å². The van der Waals surface area contributed by atoms with Crippen LogP contribution in [0.4, 0.5) is 0 Å². The van der Waals surface area contributed by atoms with E-state index in [0.717, 1.165) is 36.4 Å². The number of benzene rings is 1. The number of hydrogen-bond donors (Lipinski definition) is 0. The number of pyridine rings is 1. The van der Waals surface area contributed by atoms with Gasteiger partial charge < -0.3 is 9.64 Å². The standard InChI is InChI=1S/C22H22N4O2/c1-16-6-4-8-18(12-16)28-21-14-23-13-20(25-21)17-7-5-11-26(15-17)22(27)19-9-2-3-10-24-19/h2-4,6,8-10,12-14,17H,5,7,11,15H2,1H3/t17-/m0/s1. The third-order valence-electron chi connectivity index (χ3n) is 4.85. The Bertz CT molecular complexity index is 962. The largest absolute Gasteiger partial charge is 0.437 e. The van der Waals surface area contributed by atoms with Crippen LogP contribution in [0.5, 0.6) is 11.6 Å². The highest BCUT2D eigenvalue weighted by molar-refractivity contribution is 5.92. The van der Waals surface area contributed by atoms with Crippen LogP contribution in [0, 0.1) is 6.92 Å². The maximum atomic E-state index is 12.7. The van der Waals surface area contributed by atoms with E-state index in [1.54, 1.807) is 24.7 Å². The van der Waals surface area contributed by atoms with Gasteiger partial charge in [0, 0.05) is 31.4 Å². The quantitative estimate of drug-likeness (QED) is 0.691. The number of carbonyl (C=O) groups is 1. The Hall–Kier alpha value is -3.28. The molecule has 1 saturated heterocycles. The molecule has 0 spiro atoms. The van der Waals surface area contributed by atoms with Gasteiger partial charge in [-0.25, -0.2) is 4.98 Å². The van der Waals surface area contributed by atoms with Crippen molar-refractivity contribution >= 4 is 5.91 Å². The lowest BCUT2D eigenvalue weighted by Gasteiger charge is -2.32. The monoisotopic (exact) mass is 374 g/mol. The summed E-state index contributed by atoms with van der Waals surface area (Å²) in [6, 6.07) is 13.2. The Morgan fingerprint density at radius 3 is 2.93 bits per heavy atom. The van der Waals surface area contributed by atoms with Gasteiger partial charge in [0.15, 0.2) is 0 Å². The average Bonchev–Trinajstić information content (AvgIpc) is 2.74. The lowest BCUT2D eigenvalue weighted by molar-refractivity contribution is 0.0699. The van der Waals surface area contributed by atoms with Crippen LogP contribution in [0.1, 0.15) is 40.5 Å². The van der Waals surface area contributed by atoms with E-state index in [4.69, 9.17) is 4.74 Å². The molecule has 0 radical (unpaired) electrons. The average molecular weight is 374 g/mol. The zero-order valence-corrected chi connectivity index (χ0v) is 15.8. The van der Waals surface area contributed by atoms with Gasteiger partial charge in [0.25, 0.3) is 5.91 Å². The predicted molar refractivity (Wildman–Crippen MR) is 105 cm³/mol. The maximum Gasteiger partial charge on any atom is 0.272 e. The second-order valence-electron chi connectivity index (χ2n) is 7.01. The van der Waals surface area contributed by atoms with Gasteiger partial charge in [0.1, 0.15) is 11.4 Å². The molecule has 0 unspecified atom stereocenters. The smallest absolute Gasteiger partial charge is 0.272 e. The van der Waals surface area contributed by atoms with Crippen LogP contribution in [-0.4, -0.2) is 38.8 Å². The summed E-state index contributed by atoms with van der Waals surface area (Å²) < 4.78 is 5.87. The molecule has 0 saturated carbocycles. The molecular weight excluding hydrogens is 352 g/mol. The number of amides is 1. The fourth-order valence-corrected chi connectivity index (χ4v) is 3.46. The van der Waals surface area contributed by atoms with Crippen molar-refractivity contribution in [1.29, 1.82) is 0 Å². The second kappa shape index (κ2) is 8.17. The third-order valence-corrected chi connectivity index (χ3v) is 4.85. The number of piperidine rings is 1. The number of rotatable bonds is 4. The summed E-state index contributed by atoms with van der Waals surface area (Å²) >= 11 is 0. The molecule has 1 aliphatic rings. The molecule has 1 fully saturated rings. The normalized spacial score (nSPS) is 16.6. The van der Waals surface area contributed by atoms with Gasteiger partial charge in [0.2, 0.25) is 5.88 Å². The first-order valence-corrected chi connectivity index (χ1v) is 9.46. The van der Waals surface area contributed by atoms with Crippen LogP contribution in [0.2, 0.25) is 0 Å². The number of hydrogen-bond acceptors (Lipinski definition) is 5. The van der Waals surface area contributed by atoms with Gasteiger partial charge in [-0.2, -0.15) is 0 Å². The zero-order valence-electron chi connectivity index (χ0n) is 15.8. The topological polar surface area (TPSA) is 68.2 Å². The van der Waals surface area contributed by atoms with Gasteiger partial charge in [-0.1, -0.05) is 18.2 Å². The Kier molecular flexibility index (Phi) is 5.28. The second-order valence-corrected chi connectivity index (χ2v) is 7.01. The van der Waals surface area contributed by atoms with Crippen LogP contribution in [-0.2, 0) is 0 Å². The Labute approximate surface area is 164 Å². The Morgan fingerprint density at radius 1 is 1.18 bits per heavy atom. The van der Waals surface area contributed by atoms with Gasteiger partial charge in [-0.3, -0.25) is 14.8 Å². The number of nitrogens with zero attached hydrogens (tertiary/aromatic N) is 4. The summed E-state index contributed by atoms with van der Waals surface area (Å²) in [5.74, 6) is 1.30. The molecule has 0 N–H and O–H groups in total. The van der Waals surface area contributed by atoms with Crippen molar-refractivity contribution < 1.29 is 9.53 Å². The first-order chi connectivity index (χ1) is 13.7. The number of ether oxygens (including phenoxy) is 1. The molecule has 1 aliphatic heterocycles. The maximum absolute atomic E-state index is 12.7. The summed E-state index contributed by atoms with van der Waals surface area (Å²) in [6.07, 6.45) is 6.92. The van der Waals surface area contributed by atoms with Crippen LogP contribution < -0.4 is 4.74 Å². The highest BCUT2D eigenvalue weighted by Crippen LogP contribution is 2.28. The predicted octanol–water partition coefficient (Wildman–Crippen LogP) is 3.99. The van der Waals surface area contributed by atoms with Gasteiger partial charge >= 0.3 is 0 Å². The first-order valence-electron chi connectivity index (χ1n) is 9.46. The van der Waals surface area contributed by atoms with Crippen LogP contribution in [0.15, 0.2) is 61.1 Å². The van der Waals surface area contributed by atoms with Crippen LogP contribution in [0.3, 0.4) is 0 Å². The Balaban J connectivity index is 1.48. The lowest BCUT2D eigenvalue weighted by Crippen LogP contribution is -2.39. The van der Waals surface area contributed by atoms with E-state index in [-0.39, 0.29) is 11.8 Å². The number of aromatic nitrogens is 3. The van der Waals surface area contributed by atoms with Crippen LogP contribution in [0.25, 0.3) is 0 Å². The number of likely N-dealkylation sites (tertiary alicyclic amines) is 1. The van der Waals surface area contributed by atoms with Crippen molar-refractivity contribution in [2.45, 2.75) is 25.7 Å². The highest BCUT2D eigenvalue weighted by Gasteiger charge is 2.27. The molecule has 6 nitrogen and oxygen atoms in total. The first kappa shape index (κ1) is 18.1. The van der Waals surface area contributed by atoms with E-state index in [9.17, 15) is 4.79 Å². The summed E-state index contributed by atoms with van der Waals surface area (Å²) in [5, 5.41) is 0. The lowest BCUT2D eigenvalue weighted by atomic mass is 9.95. The molecule has 1 atom stereocenters. The van der Waals surface area contributed by atoms with Crippen molar-refractivity contribution in [3.05, 3.63) is 78.0 Å². The number of carbonyl (C=O) groups excluding carboxylic acids is 1. The molecule has 1 amide bonds. The zero-order chi connectivity index (χ0) is 19.3. The van der Waals surface area contributed by atoms with Crippen molar-refractivity contribution in [3.63, 3.8) is 0 Å². The molecule has 0 aliphatic carbocycles. The molecule has 2 aromatic heterocycles. The van der Waals surface area contributed by atoms with Crippen molar-refractivity contribution in [3.8, 4) is 11.6 Å². The summed E-state index contributed by atoms with van der Waals surface area (Å²) in [4.78, 5) is 27.7. The molecule has 6 heteroatoms. The van der Waals surface area contributed by atoms with E-state index >= 15 is 0 Å². The molecule has 4 rings (SSSR count). The molecule has 0 bridgehead atoms. The minimum absolute atomic E-state index is 0.0366. The Morgan fingerprint density at radius 2 is 2.11 bits per heavy atom.